The van der Waals surface area contributed by atoms with Gasteiger partial charge >= 0.3 is 0 Å². The Labute approximate surface area is 204 Å². The fourth-order valence-electron chi connectivity index (χ4n) is 4.53. The lowest BCUT2D eigenvalue weighted by molar-refractivity contribution is -0.123. The minimum absolute atomic E-state index is 0.169. The van der Waals surface area contributed by atoms with Crippen LogP contribution in [-0.4, -0.2) is 31.4 Å². The summed E-state index contributed by atoms with van der Waals surface area (Å²) in [6, 6.07) is 5.58. The summed E-state index contributed by atoms with van der Waals surface area (Å²) >= 11 is 1.53. The molecule has 7 nitrogen and oxygen atoms in total. The van der Waals surface area contributed by atoms with Gasteiger partial charge in [-0.05, 0) is 71.1 Å². The second-order valence-electron chi connectivity index (χ2n) is 8.86. The van der Waals surface area contributed by atoms with Gasteiger partial charge in [-0.3, -0.25) is 9.59 Å². The maximum absolute atomic E-state index is 13.0. The molecule has 0 bridgehead atoms. The molecule has 3 aromatic rings. The van der Waals surface area contributed by atoms with Gasteiger partial charge in [-0.2, -0.15) is 5.10 Å². The maximum atomic E-state index is 13.0. The van der Waals surface area contributed by atoms with Crippen LogP contribution in [0.2, 0.25) is 0 Å². The molecule has 4 rings (SSSR count). The van der Waals surface area contributed by atoms with Crippen LogP contribution in [-0.2, 0) is 4.79 Å². The smallest absolute Gasteiger partial charge is 0.275 e. The zero-order valence-corrected chi connectivity index (χ0v) is 20.8. The number of pyridine rings is 1. The number of carbonyl (C=O) groups excluding carboxylic acids is 2. The first-order valence-electron chi connectivity index (χ1n) is 11.9. The Kier molecular flexibility index (Phi) is 7.67. The Balaban J connectivity index is 1.39. The van der Waals surface area contributed by atoms with Crippen LogP contribution in [0.5, 0.6) is 0 Å². The van der Waals surface area contributed by atoms with Crippen LogP contribution in [0.1, 0.15) is 78.3 Å². The van der Waals surface area contributed by atoms with Gasteiger partial charge in [0.25, 0.3) is 5.91 Å². The number of hydrogen-bond acceptors (Lipinski definition) is 6. The Morgan fingerprint density at radius 3 is 2.74 bits per heavy atom. The molecule has 3 heterocycles. The number of nitrogens with one attached hydrogen (secondary N) is 1. The van der Waals surface area contributed by atoms with Crippen molar-refractivity contribution in [3.8, 4) is 5.82 Å². The van der Waals surface area contributed by atoms with Gasteiger partial charge in [0.2, 0.25) is 0 Å². The summed E-state index contributed by atoms with van der Waals surface area (Å²) in [7, 11) is 0. The van der Waals surface area contributed by atoms with Crippen molar-refractivity contribution >= 4 is 28.7 Å². The predicted molar refractivity (Wildman–Crippen MR) is 135 cm³/mol. The zero-order chi connectivity index (χ0) is 24.1. The van der Waals surface area contributed by atoms with Crippen molar-refractivity contribution < 1.29 is 9.59 Å². The molecular weight excluding hydrogens is 446 g/mol. The zero-order valence-electron chi connectivity index (χ0n) is 20.0. The van der Waals surface area contributed by atoms with Crippen molar-refractivity contribution in [2.24, 2.45) is 5.92 Å². The monoisotopic (exact) mass is 477 g/mol. The number of aromatic nitrogens is 4. The highest BCUT2D eigenvalue weighted by Gasteiger charge is 2.28. The molecule has 1 amide bonds. The number of thiazole rings is 1. The minimum atomic E-state index is -0.258. The number of nitrogens with zero attached hydrogens (tertiary/aromatic N) is 4. The number of carbonyl (C=O) groups is 2. The van der Waals surface area contributed by atoms with Gasteiger partial charge in [0.15, 0.2) is 5.82 Å². The first-order chi connectivity index (χ1) is 16.5. The molecule has 3 aromatic heterocycles. The van der Waals surface area contributed by atoms with E-state index in [1.165, 1.54) is 11.3 Å². The highest BCUT2D eigenvalue weighted by Crippen LogP contribution is 2.38. The summed E-state index contributed by atoms with van der Waals surface area (Å²) in [5, 5.41) is 10.2. The highest BCUT2D eigenvalue weighted by molar-refractivity contribution is 7.10. The Hall–Kier alpha value is -3.13. The Bertz CT molecular complexity index is 1190. The summed E-state index contributed by atoms with van der Waals surface area (Å²) in [6.07, 6.45) is 10.9. The van der Waals surface area contributed by atoms with Crippen molar-refractivity contribution in [1.29, 1.82) is 0 Å². The van der Waals surface area contributed by atoms with Gasteiger partial charge in [-0.15, -0.1) is 11.3 Å². The number of rotatable bonds is 8. The van der Waals surface area contributed by atoms with Gasteiger partial charge in [-0.25, -0.2) is 14.6 Å². The van der Waals surface area contributed by atoms with E-state index in [4.69, 9.17) is 0 Å². The van der Waals surface area contributed by atoms with Crippen molar-refractivity contribution in [3.05, 3.63) is 64.0 Å². The highest BCUT2D eigenvalue weighted by atomic mass is 32.1. The number of Topliss-reactive ketones (excluding diaryl/α,β-unsaturated/α-hetero) is 1. The number of anilines is 1. The van der Waals surface area contributed by atoms with Gasteiger partial charge < -0.3 is 5.32 Å². The van der Waals surface area contributed by atoms with E-state index in [0.29, 0.717) is 35.3 Å². The quantitative estimate of drug-likeness (QED) is 0.415. The summed E-state index contributed by atoms with van der Waals surface area (Å²) in [5.74, 6) is 1.18. The molecule has 0 aromatic carbocycles. The second-order valence-corrected chi connectivity index (χ2v) is 9.75. The second kappa shape index (κ2) is 10.9. The third-order valence-electron chi connectivity index (χ3n) is 6.32. The van der Waals surface area contributed by atoms with Crippen LogP contribution in [0.25, 0.3) is 5.82 Å². The molecule has 0 atom stereocenters. The fraction of sp³-hybridized carbons (Fsp3) is 0.423. The standard InChI is InChI=1S/C26H31N5O2S/c1-4-5-6-9-23(32)19-10-12-20(13-11-19)26-29-22(16-34-26)25(33)28-21-8-7-14-27-24(21)31-18(3)15-17(2)30-31/h4-5,7-8,14-16,19-20H,6,9-13H2,1-3H3,(H,28,33)/b5-4+. The maximum Gasteiger partial charge on any atom is 0.275 e. The normalized spacial score (nSPS) is 18.3. The first kappa shape index (κ1) is 24.0. The van der Waals surface area contributed by atoms with E-state index in [1.807, 2.05) is 44.4 Å². The lowest BCUT2D eigenvalue weighted by atomic mass is 9.79. The van der Waals surface area contributed by atoms with E-state index in [1.54, 1.807) is 16.9 Å². The van der Waals surface area contributed by atoms with Crippen LogP contribution in [0.4, 0.5) is 5.69 Å². The van der Waals surface area contributed by atoms with Crippen molar-refractivity contribution in [1.82, 2.24) is 19.7 Å². The van der Waals surface area contributed by atoms with Gasteiger partial charge in [0, 0.05) is 35.5 Å². The van der Waals surface area contributed by atoms with Gasteiger partial charge in [0.05, 0.1) is 16.4 Å². The predicted octanol–water partition coefficient (Wildman–Crippen LogP) is 5.79. The Morgan fingerprint density at radius 2 is 2.03 bits per heavy atom. The summed E-state index contributed by atoms with van der Waals surface area (Å²) in [5.41, 5.74) is 2.83. The molecule has 1 aliphatic rings. The van der Waals surface area contributed by atoms with E-state index in [9.17, 15) is 9.59 Å². The van der Waals surface area contributed by atoms with Crippen molar-refractivity contribution in [3.63, 3.8) is 0 Å². The number of hydrogen-bond donors (Lipinski definition) is 1. The van der Waals surface area contributed by atoms with E-state index in [-0.39, 0.29) is 11.8 Å². The molecule has 0 spiro atoms. The van der Waals surface area contributed by atoms with Gasteiger partial charge in [0.1, 0.15) is 11.5 Å². The Morgan fingerprint density at radius 1 is 1.24 bits per heavy atom. The third kappa shape index (κ3) is 5.50. The average Bonchev–Trinajstić information content (AvgIpc) is 3.46. The molecule has 0 radical (unpaired) electrons. The average molecular weight is 478 g/mol. The van der Waals surface area contributed by atoms with E-state index < -0.39 is 0 Å². The number of amides is 1. The first-order valence-corrected chi connectivity index (χ1v) is 12.7. The van der Waals surface area contributed by atoms with Crippen LogP contribution >= 0.6 is 11.3 Å². The molecular formula is C26H31N5O2S. The molecule has 1 aliphatic carbocycles. The molecule has 1 fully saturated rings. The van der Waals surface area contributed by atoms with Crippen LogP contribution in [0.3, 0.4) is 0 Å². The topological polar surface area (TPSA) is 89.8 Å². The molecule has 34 heavy (non-hydrogen) atoms. The lowest BCUT2D eigenvalue weighted by Gasteiger charge is -2.26. The number of ketones is 1. The van der Waals surface area contributed by atoms with E-state index in [0.717, 1.165) is 48.5 Å². The number of allylic oxidation sites excluding steroid dienone is 2. The van der Waals surface area contributed by atoms with E-state index in [2.05, 4.69) is 26.5 Å². The van der Waals surface area contributed by atoms with Gasteiger partial charge in [-0.1, -0.05) is 12.2 Å². The summed E-state index contributed by atoms with van der Waals surface area (Å²) in [4.78, 5) is 34.5. The molecule has 0 saturated heterocycles. The van der Waals surface area contributed by atoms with Crippen molar-refractivity contribution in [2.75, 3.05) is 5.32 Å². The molecule has 0 unspecified atom stereocenters. The third-order valence-corrected chi connectivity index (χ3v) is 7.33. The number of aryl methyl sites for hydroxylation is 2. The van der Waals surface area contributed by atoms with Crippen LogP contribution in [0.15, 0.2) is 41.9 Å². The molecule has 8 heteroatoms. The summed E-state index contributed by atoms with van der Waals surface area (Å²) in [6.45, 7) is 5.86. The van der Waals surface area contributed by atoms with Crippen LogP contribution < -0.4 is 5.32 Å². The summed E-state index contributed by atoms with van der Waals surface area (Å²) < 4.78 is 1.73. The molecule has 178 valence electrons. The molecule has 1 saturated carbocycles. The lowest BCUT2D eigenvalue weighted by Crippen LogP contribution is -2.21. The SMILES string of the molecule is C/C=C/CCC(=O)C1CCC(c2nc(C(=O)Nc3cccnc3-n3nc(C)cc3C)cs2)CC1. The largest absolute Gasteiger partial charge is 0.317 e. The fourth-order valence-corrected chi connectivity index (χ4v) is 5.50. The van der Waals surface area contributed by atoms with Crippen molar-refractivity contribution in [2.45, 2.75) is 65.2 Å². The minimum Gasteiger partial charge on any atom is -0.317 e. The molecule has 0 aliphatic heterocycles. The molecule has 1 N–H and O–H groups in total. The van der Waals surface area contributed by atoms with Crippen LogP contribution in [0, 0.1) is 19.8 Å². The van der Waals surface area contributed by atoms with E-state index >= 15 is 0 Å².